The molecule has 4 rings (SSSR count). The van der Waals surface area contributed by atoms with Crippen LogP contribution in [0, 0.1) is 27.2 Å². The molecule has 3 aromatic carbocycles. The van der Waals surface area contributed by atoms with E-state index < -0.39 is 27.1 Å². The quantitative estimate of drug-likeness (QED) is 0.403. The zero-order chi connectivity index (χ0) is 20.7. The van der Waals surface area contributed by atoms with Crippen LogP contribution in [0.3, 0.4) is 0 Å². The highest BCUT2D eigenvalue weighted by molar-refractivity contribution is 6.05. The number of nitro benzene ring substituents is 2. The van der Waals surface area contributed by atoms with Gasteiger partial charge in [0.1, 0.15) is 5.56 Å². The number of hydrogen-bond acceptors (Lipinski definition) is 5. The molecule has 0 heterocycles. The molecule has 8 heteroatoms. The van der Waals surface area contributed by atoms with Crippen LogP contribution in [0.5, 0.6) is 0 Å². The largest absolute Gasteiger partial charge is 0.322 e. The first-order chi connectivity index (χ1) is 13.8. The molecule has 1 aliphatic rings. The third-order valence-corrected chi connectivity index (χ3v) is 5.06. The summed E-state index contributed by atoms with van der Waals surface area (Å²) in [6, 6.07) is 15.7. The minimum atomic E-state index is -0.730. The van der Waals surface area contributed by atoms with Crippen molar-refractivity contribution in [1.29, 1.82) is 0 Å². The molecule has 1 amide bonds. The predicted octanol–water partition coefficient (Wildman–Crippen LogP) is 4.63. The Morgan fingerprint density at radius 1 is 0.897 bits per heavy atom. The first-order valence-electron chi connectivity index (χ1n) is 8.81. The van der Waals surface area contributed by atoms with Gasteiger partial charge in [-0.15, -0.1) is 0 Å². The maximum absolute atomic E-state index is 12.6. The van der Waals surface area contributed by atoms with Gasteiger partial charge in [-0.3, -0.25) is 25.0 Å². The van der Waals surface area contributed by atoms with Crippen molar-refractivity contribution in [3.8, 4) is 11.1 Å². The number of hydrogen-bond donors (Lipinski definition) is 1. The van der Waals surface area contributed by atoms with Crippen molar-refractivity contribution in [3.63, 3.8) is 0 Å². The number of carbonyl (C=O) groups is 1. The molecular weight excluding hydrogens is 374 g/mol. The van der Waals surface area contributed by atoms with E-state index in [-0.39, 0.29) is 11.1 Å². The lowest BCUT2D eigenvalue weighted by Gasteiger charge is -2.09. The second-order valence-corrected chi connectivity index (χ2v) is 6.81. The second kappa shape index (κ2) is 6.83. The van der Waals surface area contributed by atoms with Gasteiger partial charge in [0.25, 0.3) is 17.3 Å². The van der Waals surface area contributed by atoms with Gasteiger partial charge in [-0.2, -0.15) is 0 Å². The molecule has 29 heavy (non-hydrogen) atoms. The third-order valence-electron chi connectivity index (χ3n) is 5.06. The number of anilines is 1. The standard InChI is InChI=1S/C21H15N3O5/c1-12-19(23(26)27)10-15(11-20(12)24(28)29)21(25)22-16-6-7-18-14(9-16)8-13-4-2-3-5-17(13)18/h2-7,9-11H,8H2,1H3,(H,22,25). The van der Waals surface area contributed by atoms with Gasteiger partial charge in [0.05, 0.1) is 15.4 Å². The van der Waals surface area contributed by atoms with Gasteiger partial charge < -0.3 is 5.32 Å². The van der Waals surface area contributed by atoms with Crippen molar-refractivity contribution >= 4 is 23.0 Å². The Hall–Kier alpha value is -4.07. The van der Waals surface area contributed by atoms with Crippen LogP contribution in [-0.2, 0) is 6.42 Å². The zero-order valence-corrected chi connectivity index (χ0v) is 15.3. The number of rotatable bonds is 4. The number of fused-ring (bicyclic) bond motifs is 3. The minimum Gasteiger partial charge on any atom is -0.322 e. The van der Waals surface area contributed by atoms with Crippen molar-refractivity contribution in [2.45, 2.75) is 13.3 Å². The summed E-state index contributed by atoms with van der Waals surface area (Å²) in [5, 5.41) is 25.1. The summed E-state index contributed by atoms with van der Waals surface area (Å²) >= 11 is 0. The topological polar surface area (TPSA) is 115 Å². The van der Waals surface area contributed by atoms with E-state index in [9.17, 15) is 25.0 Å². The highest BCUT2D eigenvalue weighted by Crippen LogP contribution is 2.37. The molecule has 144 valence electrons. The van der Waals surface area contributed by atoms with Crippen molar-refractivity contribution < 1.29 is 14.6 Å². The van der Waals surface area contributed by atoms with E-state index in [4.69, 9.17) is 0 Å². The third kappa shape index (κ3) is 3.20. The van der Waals surface area contributed by atoms with Crippen LogP contribution in [0.1, 0.15) is 27.0 Å². The second-order valence-electron chi connectivity index (χ2n) is 6.81. The minimum absolute atomic E-state index is 0.0909. The summed E-state index contributed by atoms with van der Waals surface area (Å²) in [4.78, 5) is 33.6. The van der Waals surface area contributed by atoms with E-state index in [1.165, 1.54) is 12.5 Å². The fourth-order valence-electron chi connectivity index (χ4n) is 3.62. The highest BCUT2D eigenvalue weighted by atomic mass is 16.6. The van der Waals surface area contributed by atoms with E-state index in [0.717, 1.165) is 35.2 Å². The van der Waals surface area contributed by atoms with E-state index in [1.807, 2.05) is 30.3 Å². The molecule has 3 aromatic rings. The van der Waals surface area contributed by atoms with Gasteiger partial charge >= 0.3 is 0 Å². The average molecular weight is 389 g/mol. The number of nitrogens with one attached hydrogen (secondary N) is 1. The van der Waals surface area contributed by atoms with Crippen LogP contribution in [0.4, 0.5) is 17.1 Å². The molecule has 0 atom stereocenters. The summed E-state index contributed by atoms with van der Waals surface area (Å²) in [6.45, 7) is 1.29. The van der Waals surface area contributed by atoms with Gasteiger partial charge in [-0.25, -0.2) is 0 Å². The van der Waals surface area contributed by atoms with Crippen molar-refractivity contribution in [1.82, 2.24) is 0 Å². The first-order valence-corrected chi connectivity index (χ1v) is 8.81. The monoisotopic (exact) mass is 389 g/mol. The fraction of sp³-hybridized carbons (Fsp3) is 0.0952. The zero-order valence-electron chi connectivity index (χ0n) is 15.3. The van der Waals surface area contributed by atoms with Gasteiger partial charge in [0, 0.05) is 17.8 Å². The molecule has 8 nitrogen and oxygen atoms in total. The highest BCUT2D eigenvalue weighted by Gasteiger charge is 2.25. The van der Waals surface area contributed by atoms with Crippen LogP contribution >= 0.6 is 0 Å². The predicted molar refractivity (Wildman–Crippen MR) is 107 cm³/mol. The lowest BCUT2D eigenvalue weighted by atomic mass is 10.0. The van der Waals surface area contributed by atoms with Crippen molar-refractivity contribution in [3.05, 3.63) is 97.1 Å². The molecule has 0 aliphatic heterocycles. The van der Waals surface area contributed by atoms with E-state index in [2.05, 4.69) is 11.4 Å². The van der Waals surface area contributed by atoms with Gasteiger partial charge in [0.15, 0.2) is 0 Å². The van der Waals surface area contributed by atoms with E-state index in [1.54, 1.807) is 6.07 Å². The Kier molecular flexibility index (Phi) is 4.31. The Labute approximate surface area is 165 Å². The van der Waals surface area contributed by atoms with Crippen LogP contribution in [0.2, 0.25) is 0 Å². The Bertz CT molecular complexity index is 1170. The Morgan fingerprint density at radius 3 is 2.17 bits per heavy atom. The normalized spacial score (nSPS) is 11.5. The van der Waals surface area contributed by atoms with Crippen LogP contribution in [0.25, 0.3) is 11.1 Å². The van der Waals surface area contributed by atoms with Gasteiger partial charge in [0.2, 0.25) is 0 Å². The number of nitrogens with zero attached hydrogens (tertiary/aromatic N) is 2. The summed E-state index contributed by atoms with van der Waals surface area (Å²) < 4.78 is 0. The number of nitro groups is 2. The van der Waals surface area contributed by atoms with Crippen LogP contribution in [0.15, 0.2) is 54.6 Å². The van der Waals surface area contributed by atoms with Crippen LogP contribution < -0.4 is 5.32 Å². The molecule has 0 radical (unpaired) electrons. The van der Waals surface area contributed by atoms with E-state index in [0.29, 0.717) is 5.69 Å². The average Bonchev–Trinajstić information content (AvgIpc) is 3.05. The SMILES string of the molecule is Cc1c([N+](=O)[O-])cc(C(=O)Nc2ccc3c(c2)Cc2ccccc2-3)cc1[N+](=O)[O-]. The number of amides is 1. The fourth-order valence-corrected chi connectivity index (χ4v) is 3.62. The summed E-state index contributed by atoms with van der Waals surface area (Å²) in [7, 11) is 0. The van der Waals surface area contributed by atoms with E-state index >= 15 is 0 Å². The van der Waals surface area contributed by atoms with Gasteiger partial charge in [-0.1, -0.05) is 30.3 Å². The maximum atomic E-state index is 12.6. The maximum Gasteiger partial charge on any atom is 0.279 e. The first kappa shape index (κ1) is 18.3. The van der Waals surface area contributed by atoms with Crippen molar-refractivity contribution in [2.24, 2.45) is 0 Å². The molecule has 1 N–H and O–H groups in total. The van der Waals surface area contributed by atoms with Crippen LogP contribution in [-0.4, -0.2) is 15.8 Å². The van der Waals surface area contributed by atoms with Gasteiger partial charge in [-0.05, 0) is 47.7 Å². The molecule has 0 saturated carbocycles. The molecule has 0 aromatic heterocycles. The molecule has 0 bridgehead atoms. The van der Waals surface area contributed by atoms with Crippen molar-refractivity contribution in [2.75, 3.05) is 5.32 Å². The molecule has 0 fully saturated rings. The lowest BCUT2D eigenvalue weighted by molar-refractivity contribution is -0.395. The molecular formula is C21H15N3O5. The summed E-state index contributed by atoms with van der Waals surface area (Å²) in [5.41, 5.74) is 3.88. The summed E-state index contributed by atoms with van der Waals surface area (Å²) in [5.74, 6) is -0.647. The smallest absolute Gasteiger partial charge is 0.279 e. The molecule has 1 aliphatic carbocycles. The number of carbonyl (C=O) groups excluding carboxylic acids is 1. The molecule has 0 unspecified atom stereocenters. The Balaban J connectivity index is 1.65. The summed E-state index contributed by atoms with van der Waals surface area (Å²) in [6.07, 6.45) is 0.747. The molecule has 0 saturated heterocycles. The Morgan fingerprint density at radius 2 is 1.52 bits per heavy atom. The lowest BCUT2D eigenvalue weighted by Crippen LogP contribution is -2.13. The molecule has 0 spiro atoms. The number of benzene rings is 3.